The summed E-state index contributed by atoms with van der Waals surface area (Å²) in [7, 11) is 2.00. The molecule has 0 bridgehead atoms. The van der Waals surface area contributed by atoms with E-state index in [1.54, 1.807) is 6.92 Å². The molecule has 4 nitrogen and oxygen atoms in total. The van der Waals surface area contributed by atoms with E-state index < -0.39 is 24.7 Å². The lowest BCUT2D eigenvalue weighted by atomic mass is 10.2. The summed E-state index contributed by atoms with van der Waals surface area (Å²) in [4.78, 5) is 13.5. The Hall–Kier alpha value is -0.820. The molecule has 0 aliphatic rings. The summed E-state index contributed by atoms with van der Waals surface area (Å²) < 4.78 is 35.7. The molecule has 7 heteroatoms. The smallest absolute Gasteiger partial charge is 0.346 e. The lowest BCUT2D eigenvalue weighted by molar-refractivity contribution is -0.139. The number of rotatable bonds is 8. The average Bonchev–Trinajstić information content (AvgIpc) is 2.29. The van der Waals surface area contributed by atoms with Crippen LogP contribution in [0.1, 0.15) is 27.2 Å². The Morgan fingerprint density at radius 3 is 2.32 bits per heavy atom. The molecule has 0 aromatic carbocycles. The van der Waals surface area contributed by atoms with Gasteiger partial charge < -0.3 is 15.5 Å². The predicted octanol–water partition coefficient (Wildman–Crippen LogP) is 1.37. The summed E-state index contributed by atoms with van der Waals surface area (Å²) in [6.45, 7) is 5.91. The first-order chi connectivity index (χ1) is 8.63. The van der Waals surface area contributed by atoms with E-state index >= 15 is 0 Å². The number of halogens is 3. The summed E-state index contributed by atoms with van der Waals surface area (Å²) >= 11 is 0. The largest absolute Gasteiger partial charge is 0.405 e. The van der Waals surface area contributed by atoms with Crippen LogP contribution in [0, 0.1) is 0 Å². The van der Waals surface area contributed by atoms with Crippen LogP contribution in [0.3, 0.4) is 0 Å². The van der Waals surface area contributed by atoms with Gasteiger partial charge in [-0.15, -0.1) is 0 Å². The Balaban J connectivity index is 3.74. The summed E-state index contributed by atoms with van der Waals surface area (Å²) in [5.41, 5.74) is 0. The summed E-state index contributed by atoms with van der Waals surface area (Å²) in [6, 6.07) is -0.167. The maximum Gasteiger partial charge on any atom is 0.405 e. The van der Waals surface area contributed by atoms with E-state index in [0.29, 0.717) is 12.6 Å². The van der Waals surface area contributed by atoms with Gasteiger partial charge in [0.05, 0.1) is 6.04 Å². The molecule has 0 rings (SSSR count). The Morgan fingerprint density at radius 1 is 1.26 bits per heavy atom. The van der Waals surface area contributed by atoms with Gasteiger partial charge in [-0.05, 0) is 47.3 Å². The molecule has 0 fully saturated rings. The molecule has 0 aliphatic carbocycles. The van der Waals surface area contributed by atoms with E-state index in [-0.39, 0.29) is 0 Å². The number of amides is 1. The van der Waals surface area contributed by atoms with E-state index in [4.69, 9.17) is 0 Å². The highest BCUT2D eigenvalue weighted by Crippen LogP contribution is 2.12. The maximum absolute atomic E-state index is 11.9. The third-order valence-corrected chi connectivity index (χ3v) is 2.88. The first kappa shape index (κ1) is 18.2. The molecule has 19 heavy (non-hydrogen) atoms. The molecule has 0 heterocycles. The minimum atomic E-state index is -4.37. The molecule has 0 aromatic rings. The summed E-state index contributed by atoms with van der Waals surface area (Å²) in [5, 5.41) is 4.76. The summed E-state index contributed by atoms with van der Waals surface area (Å²) in [5.74, 6) is -0.630. The molecule has 1 unspecified atom stereocenters. The number of carbonyl (C=O) groups excluding carboxylic acids is 1. The molecule has 1 amide bonds. The van der Waals surface area contributed by atoms with Crippen molar-refractivity contribution in [3.05, 3.63) is 0 Å². The van der Waals surface area contributed by atoms with Gasteiger partial charge in [-0.2, -0.15) is 13.2 Å². The fourth-order valence-electron chi connectivity index (χ4n) is 1.34. The molecular formula is C12H24F3N3O. The van der Waals surface area contributed by atoms with Gasteiger partial charge in [0.1, 0.15) is 6.54 Å². The van der Waals surface area contributed by atoms with E-state index in [9.17, 15) is 18.0 Å². The number of alkyl halides is 3. The third kappa shape index (κ3) is 9.72. The standard InChI is InChI=1S/C12H24F3N3O/c1-9(2)18(4)7-5-6-16-10(3)11(19)17-8-12(13,14)15/h9-10,16H,5-8H2,1-4H3,(H,17,19). The van der Waals surface area contributed by atoms with Crippen molar-refractivity contribution >= 4 is 5.91 Å². The van der Waals surface area contributed by atoms with Crippen LogP contribution in [0.4, 0.5) is 13.2 Å². The second-order valence-corrected chi connectivity index (χ2v) is 4.94. The van der Waals surface area contributed by atoms with Crippen LogP contribution in [0.15, 0.2) is 0 Å². The van der Waals surface area contributed by atoms with Gasteiger partial charge in [0.25, 0.3) is 0 Å². The van der Waals surface area contributed by atoms with Crippen molar-refractivity contribution in [3.63, 3.8) is 0 Å². The number of hydrogen-bond donors (Lipinski definition) is 2. The van der Waals surface area contributed by atoms with Gasteiger partial charge in [-0.1, -0.05) is 0 Å². The van der Waals surface area contributed by atoms with Crippen LogP contribution in [0.25, 0.3) is 0 Å². The van der Waals surface area contributed by atoms with Crippen LogP contribution in [-0.2, 0) is 4.79 Å². The molecule has 0 radical (unpaired) electrons. The molecule has 0 saturated heterocycles. The highest BCUT2D eigenvalue weighted by Gasteiger charge is 2.28. The van der Waals surface area contributed by atoms with Gasteiger partial charge in [-0.3, -0.25) is 4.79 Å². The van der Waals surface area contributed by atoms with E-state index in [1.165, 1.54) is 0 Å². The number of nitrogens with zero attached hydrogens (tertiary/aromatic N) is 1. The number of carbonyl (C=O) groups is 1. The predicted molar refractivity (Wildman–Crippen MR) is 68.9 cm³/mol. The van der Waals surface area contributed by atoms with Gasteiger partial charge in [0.15, 0.2) is 0 Å². The molecule has 2 N–H and O–H groups in total. The normalized spacial score (nSPS) is 13.9. The number of hydrogen-bond acceptors (Lipinski definition) is 3. The molecule has 0 saturated carbocycles. The van der Waals surface area contributed by atoms with Gasteiger partial charge in [-0.25, -0.2) is 0 Å². The van der Waals surface area contributed by atoms with E-state index in [2.05, 4.69) is 24.1 Å². The van der Waals surface area contributed by atoms with Gasteiger partial charge >= 0.3 is 6.18 Å². The van der Waals surface area contributed by atoms with Crippen molar-refractivity contribution in [3.8, 4) is 0 Å². The Bertz CT molecular complexity index is 269. The van der Waals surface area contributed by atoms with Crippen molar-refractivity contribution < 1.29 is 18.0 Å². The summed E-state index contributed by atoms with van der Waals surface area (Å²) in [6.07, 6.45) is -3.53. The minimum absolute atomic E-state index is 0.451. The minimum Gasteiger partial charge on any atom is -0.346 e. The Morgan fingerprint density at radius 2 is 1.84 bits per heavy atom. The van der Waals surface area contributed by atoms with Crippen molar-refractivity contribution in [1.29, 1.82) is 0 Å². The van der Waals surface area contributed by atoms with Crippen LogP contribution in [0.2, 0.25) is 0 Å². The highest BCUT2D eigenvalue weighted by molar-refractivity contribution is 5.81. The Kier molecular flexibility index (Phi) is 8.01. The second-order valence-electron chi connectivity index (χ2n) is 4.94. The van der Waals surface area contributed by atoms with Crippen molar-refractivity contribution in [1.82, 2.24) is 15.5 Å². The molecule has 114 valence electrons. The molecule has 0 aliphatic heterocycles. The first-order valence-corrected chi connectivity index (χ1v) is 6.41. The van der Waals surface area contributed by atoms with Crippen LogP contribution >= 0.6 is 0 Å². The lowest BCUT2D eigenvalue weighted by Crippen LogP contribution is -2.45. The monoisotopic (exact) mass is 283 g/mol. The third-order valence-electron chi connectivity index (χ3n) is 2.88. The number of nitrogens with one attached hydrogen (secondary N) is 2. The zero-order chi connectivity index (χ0) is 15.1. The Labute approximate surface area is 112 Å². The van der Waals surface area contributed by atoms with Crippen LogP contribution in [0.5, 0.6) is 0 Å². The van der Waals surface area contributed by atoms with Crippen LogP contribution < -0.4 is 10.6 Å². The van der Waals surface area contributed by atoms with Crippen molar-refractivity contribution in [2.75, 3.05) is 26.7 Å². The fourth-order valence-corrected chi connectivity index (χ4v) is 1.34. The SMILES string of the molecule is CC(NCCCN(C)C(C)C)C(=O)NCC(F)(F)F. The lowest BCUT2D eigenvalue weighted by Gasteiger charge is -2.21. The zero-order valence-electron chi connectivity index (χ0n) is 12.0. The average molecular weight is 283 g/mol. The topological polar surface area (TPSA) is 44.4 Å². The second kappa shape index (κ2) is 8.37. The molecule has 1 atom stereocenters. The fraction of sp³-hybridized carbons (Fsp3) is 0.917. The molecular weight excluding hydrogens is 259 g/mol. The molecule has 0 spiro atoms. The highest BCUT2D eigenvalue weighted by atomic mass is 19.4. The van der Waals surface area contributed by atoms with Crippen LogP contribution in [-0.4, -0.2) is 55.7 Å². The quantitative estimate of drug-likeness (QED) is 0.661. The first-order valence-electron chi connectivity index (χ1n) is 6.41. The van der Waals surface area contributed by atoms with E-state index in [1.807, 2.05) is 12.4 Å². The van der Waals surface area contributed by atoms with Crippen molar-refractivity contribution in [2.45, 2.75) is 45.5 Å². The maximum atomic E-state index is 11.9. The zero-order valence-corrected chi connectivity index (χ0v) is 12.0. The van der Waals surface area contributed by atoms with Gasteiger partial charge in [0, 0.05) is 6.04 Å². The molecule has 0 aromatic heterocycles. The van der Waals surface area contributed by atoms with Gasteiger partial charge in [0.2, 0.25) is 5.91 Å². The van der Waals surface area contributed by atoms with Crippen molar-refractivity contribution in [2.24, 2.45) is 0 Å². The van der Waals surface area contributed by atoms with E-state index in [0.717, 1.165) is 13.0 Å².